The van der Waals surface area contributed by atoms with Crippen LogP contribution in [0.5, 0.6) is 11.5 Å². The summed E-state index contributed by atoms with van der Waals surface area (Å²) in [5.74, 6) is -0.999. The largest absolute Gasteiger partial charge is 0.507 e. The summed E-state index contributed by atoms with van der Waals surface area (Å²) < 4.78 is 65.7. The number of nitrogens with zero attached hydrogens (tertiary/aromatic N) is 1. The van der Waals surface area contributed by atoms with Crippen LogP contribution >= 0.6 is 0 Å². The van der Waals surface area contributed by atoms with E-state index in [2.05, 4.69) is 0 Å². The number of fused-ring (bicyclic) bond motifs is 2. The molecule has 0 saturated heterocycles. The second kappa shape index (κ2) is 7.85. The Bertz CT molecular complexity index is 1590. The molecule has 0 aromatic heterocycles. The number of rotatable bonds is 4. The van der Waals surface area contributed by atoms with Crippen molar-refractivity contribution < 1.29 is 40.9 Å². The van der Waals surface area contributed by atoms with Gasteiger partial charge in [0.25, 0.3) is 20.2 Å². The van der Waals surface area contributed by atoms with E-state index in [1.54, 1.807) is 0 Å². The first-order valence-corrected chi connectivity index (χ1v) is 12.2. The van der Waals surface area contributed by atoms with Crippen LogP contribution in [0.3, 0.4) is 0 Å². The Balaban J connectivity index is 2.11. The molecule has 0 bridgehead atoms. The summed E-state index contributed by atoms with van der Waals surface area (Å²) in [5, 5.41) is 20.9. The molecule has 4 aromatic rings. The Hall–Kier alpha value is -3.91. The number of carbonyl (C=O) groups is 1. The average Bonchev–Trinajstić information content (AvgIpc) is 2.73. The molecule has 2 amide bonds. The number of amides is 2. The third kappa shape index (κ3) is 3.97. The molecule has 0 aliphatic heterocycles. The Morgan fingerprint density at radius 2 is 1.06 bits per heavy atom. The average molecular weight is 504 g/mol. The van der Waals surface area contributed by atoms with E-state index in [-0.39, 0.29) is 32.9 Å². The first kappa shape index (κ1) is 23.3. The van der Waals surface area contributed by atoms with Gasteiger partial charge in [-0.25, -0.2) is 4.79 Å². The van der Waals surface area contributed by atoms with Crippen LogP contribution < -0.4 is 10.6 Å². The van der Waals surface area contributed by atoms with Crippen molar-refractivity contribution in [1.29, 1.82) is 0 Å². The van der Waals surface area contributed by atoms with E-state index in [1.807, 2.05) is 0 Å². The lowest BCUT2D eigenvalue weighted by Gasteiger charge is -2.24. The number of phenols is 2. The molecular formula is C21H16N2O9S2. The van der Waals surface area contributed by atoms with E-state index in [9.17, 15) is 40.9 Å². The summed E-state index contributed by atoms with van der Waals surface area (Å²) in [6, 6.07) is 11.2. The van der Waals surface area contributed by atoms with Crippen molar-refractivity contribution in [1.82, 2.24) is 0 Å². The molecule has 4 rings (SSSR count). The molecule has 0 unspecified atom stereocenters. The SMILES string of the molecule is NC(=O)N(c1cccc2c(O)cc(S(=O)(=O)O)cc12)c1cccc2c(O)cc(S(=O)(=O)O)cc12. The normalized spacial score (nSPS) is 12.2. The van der Waals surface area contributed by atoms with Crippen LogP contribution in [0.1, 0.15) is 0 Å². The van der Waals surface area contributed by atoms with Crippen molar-refractivity contribution in [3.63, 3.8) is 0 Å². The van der Waals surface area contributed by atoms with Gasteiger partial charge in [0.05, 0.1) is 21.2 Å². The maximum absolute atomic E-state index is 12.6. The topological polar surface area (TPSA) is 196 Å². The number of hydrogen-bond acceptors (Lipinski definition) is 7. The van der Waals surface area contributed by atoms with Crippen molar-refractivity contribution in [3.05, 3.63) is 60.7 Å². The number of anilines is 2. The highest BCUT2D eigenvalue weighted by Gasteiger charge is 2.24. The zero-order valence-corrected chi connectivity index (χ0v) is 18.6. The van der Waals surface area contributed by atoms with Crippen LogP contribution in [0.15, 0.2) is 70.5 Å². The van der Waals surface area contributed by atoms with Gasteiger partial charge in [-0.1, -0.05) is 24.3 Å². The fourth-order valence-electron chi connectivity index (χ4n) is 3.70. The van der Waals surface area contributed by atoms with Crippen LogP contribution in [0, 0.1) is 0 Å². The Kier molecular flexibility index (Phi) is 5.37. The summed E-state index contributed by atoms with van der Waals surface area (Å²) in [4.78, 5) is 12.2. The Morgan fingerprint density at radius 3 is 1.38 bits per heavy atom. The fraction of sp³-hybridized carbons (Fsp3) is 0. The highest BCUT2D eigenvalue weighted by Crippen LogP contribution is 2.41. The molecule has 176 valence electrons. The number of aromatic hydroxyl groups is 2. The second-order valence-corrected chi connectivity index (χ2v) is 10.1. The molecule has 13 heteroatoms. The number of urea groups is 1. The number of hydrogen-bond donors (Lipinski definition) is 5. The maximum atomic E-state index is 12.6. The van der Waals surface area contributed by atoms with Crippen molar-refractivity contribution >= 4 is 59.2 Å². The van der Waals surface area contributed by atoms with Crippen LogP contribution in [0.25, 0.3) is 21.5 Å². The van der Waals surface area contributed by atoms with Crippen molar-refractivity contribution in [2.45, 2.75) is 9.79 Å². The highest BCUT2D eigenvalue weighted by atomic mass is 32.2. The third-order valence-electron chi connectivity index (χ3n) is 5.15. The fourth-order valence-corrected chi connectivity index (χ4v) is 4.76. The predicted molar refractivity (Wildman–Crippen MR) is 123 cm³/mol. The zero-order chi connectivity index (χ0) is 25.0. The van der Waals surface area contributed by atoms with Gasteiger partial charge in [-0.05, 0) is 24.3 Å². The Labute approximate surface area is 192 Å². The lowest BCUT2D eigenvalue weighted by atomic mass is 10.0. The molecule has 0 atom stereocenters. The van der Waals surface area contributed by atoms with Gasteiger partial charge in [-0.3, -0.25) is 14.0 Å². The molecule has 0 fully saturated rings. The van der Waals surface area contributed by atoms with E-state index >= 15 is 0 Å². The highest BCUT2D eigenvalue weighted by molar-refractivity contribution is 7.86. The molecule has 34 heavy (non-hydrogen) atoms. The van der Waals surface area contributed by atoms with Crippen molar-refractivity contribution in [3.8, 4) is 11.5 Å². The summed E-state index contributed by atoms with van der Waals surface area (Å²) in [6.45, 7) is 0. The van der Waals surface area contributed by atoms with Gasteiger partial charge in [-0.2, -0.15) is 16.8 Å². The van der Waals surface area contributed by atoms with Gasteiger partial charge in [0.2, 0.25) is 0 Å². The van der Waals surface area contributed by atoms with Gasteiger partial charge >= 0.3 is 6.03 Å². The molecule has 0 aliphatic rings. The molecule has 4 aromatic carbocycles. The first-order valence-electron chi connectivity index (χ1n) is 9.35. The van der Waals surface area contributed by atoms with Crippen LogP contribution in [0.2, 0.25) is 0 Å². The lowest BCUT2D eigenvalue weighted by Crippen LogP contribution is -2.31. The molecule has 11 nitrogen and oxygen atoms in total. The van der Waals surface area contributed by atoms with Gasteiger partial charge in [0.15, 0.2) is 0 Å². The van der Waals surface area contributed by atoms with E-state index in [0.29, 0.717) is 0 Å². The minimum absolute atomic E-state index is 0.0149. The van der Waals surface area contributed by atoms with E-state index in [0.717, 1.165) is 29.2 Å². The molecule has 0 radical (unpaired) electrons. The van der Waals surface area contributed by atoms with E-state index in [4.69, 9.17) is 5.73 Å². The summed E-state index contributed by atoms with van der Waals surface area (Å²) >= 11 is 0. The number of phenolic OH excluding ortho intramolecular Hbond substituents is 2. The summed E-state index contributed by atoms with van der Waals surface area (Å²) in [6.07, 6.45) is 0. The standard InChI is InChI=1S/C21H16N2O9S2/c22-21(26)23(17-5-1-3-13-15(17)7-11(9-19(13)24)33(27,28)29)18-6-2-4-14-16(18)8-12(10-20(14)25)34(30,31)32/h1-10,24-25H,(H2,22,26)(H,27,28,29)(H,30,31,32). The van der Waals surface area contributed by atoms with Gasteiger partial charge in [0, 0.05) is 33.7 Å². The molecule has 0 spiro atoms. The maximum Gasteiger partial charge on any atom is 0.323 e. The van der Waals surface area contributed by atoms with Crippen LogP contribution in [-0.2, 0) is 20.2 Å². The van der Waals surface area contributed by atoms with E-state index < -0.39 is 47.6 Å². The lowest BCUT2D eigenvalue weighted by molar-refractivity contribution is 0.256. The monoisotopic (exact) mass is 504 g/mol. The van der Waals surface area contributed by atoms with Gasteiger partial charge in [0.1, 0.15) is 11.5 Å². The number of nitrogens with two attached hydrogens (primary N) is 1. The van der Waals surface area contributed by atoms with E-state index in [1.165, 1.54) is 36.4 Å². The van der Waals surface area contributed by atoms with Gasteiger partial charge < -0.3 is 15.9 Å². The number of carbonyl (C=O) groups excluding carboxylic acids is 1. The van der Waals surface area contributed by atoms with Crippen molar-refractivity contribution in [2.24, 2.45) is 5.73 Å². The first-order chi connectivity index (χ1) is 15.8. The summed E-state index contributed by atoms with van der Waals surface area (Å²) in [7, 11) is -9.46. The number of benzene rings is 4. The van der Waals surface area contributed by atoms with Crippen LogP contribution in [0.4, 0.5) is 16.2 Å². The number of primary amides is 1. The summed E-state index contributed by atoms with van der Waals surface area (Å²) in [5.41, 5.74) is 5.60. The quantitative estimate of drug-likeness (QED) is 0.259. The molecule has 0 saturated carbocycles. The minimum Gasteiger partial charge on any atom is -0.507 e. The predicted octanol–water partition coefficient (Wildman–Crippen LogP) is 3.11. The zero-order valence-electron chi connectivity index (χ0n) is 16.9. The van der Waals surface area contributed by atoms with Gasteiger partial charge in [-0.15, -0.1) is 0 Å². The van der Waals surface area contributed by atoms with Crippen LogP contribution in [-0.4, -0.2) is 42.2 Å². The molecule has 0 aliphatic carbocycles. The van der Waals surface area contributed by atoms with Crippen molar-refractivity contribution in [2.75, 3.05) is 4.90 Å². The Morgan fingerprint density at radius 1 is 0.676 bits per heavy atom. The smallest absolute Gasteiger partial charge is 0.323 e. The molecular weight excluding hydrogens is 488 g/mol. The molecule has 6 N–H and O–H groups in total. The second-order valence-electron chi connectivity index (χ2n) is 7.25. The third-order valence-corrected chi connectivity index (χ3v) is 6.81. The minimum atomic E-state index is -4.73. The molecule has 0 heterocycles.